The summed E-state index contributed by atoms with van der Waals surface area (Å²) in [6.45, 7) is 2.27. The average Bonchev–Trinajstić information content (AvgIpc) is 2.30. The third-order valence-corrected chi connectivity index (χ3v) is 1.96. The van der Waals surface area contributed by atoms with Crippen molar-refractivity contribution in [3.8, 4) is 17.4 Å². The topological polar surface area (TPSA) is 52.3 Å². The fraction of sp³-hybridized carbons (Fsp3) is 0.167. The van der Waals surface area contributed by atoms with Gasteiger partial charge in [0.2, 0.25) is 5.89 Å². The van der Waals surface area contributed by atoms with Crippen molar-refractivity contribution in [2.75, 3.05) is 6.61 Å². The zero-order chi connectivity index (χ0) is 11.4. The lowest BCUT2D eigenvalue weighted by Crippen LogP contribution is -2.06. The molecule has 0 amide bonds. The molecule has 0 aliphatic carbocycles. The number of rotatable bonds is 3. The van der Waals surface area contributed by atoms with Crippen molar-refractivity contribution < 1.29 is 9.15 Å². The summed E-state index contributed by atoms with van der Waals surface area (Å²) in [5.41, 5.74) is 0.384. The maximum Gasteiger partial charge on any atom is 0.291 e. The quantitative estimate of drug-likeness (QED) is 0.790. The maximum atomic E-state index is 11.3. The van der Waals surface area contributed by atoms with Crippen LogP contribution in [0.4, 0.5) is 0 Å². The normalized spacial score (nSPS) is 10.1. The molecule has 4 nitrogen and oxygen atoms in total. The number of aromatic nitrogens is 1. The molecule has 1 aromatic heterocycles. The van der Waals surface area contributed by atoms with Crippen molar-refractivity contribution in [3.05, 3.63) is 46.8 Å². The Morgan fingerprint density at radius 2 is 2.06 bits per heavy atom. The molecule has 0 unspecified atom stereocenters. The zero-order valence-corrected chi connectivity index (χ0v) is 8.84. The molecule has 2 rings (SSSR count). The highest BCUT2D eigenvalue weighted by molar-refractivity contribution is 5.52. The maximum absolute atomic E-state index is 11.3. The Morgan fingerprint density at radius 3 is 2.75 bits per heavy atom. The van der Waals surface area contributed by atoms with E-state index in [1.165, 1.54) is 6.07 Å². The van der Waals surface area contributed by atoms with Gasteiger partial charge in [0.05, 0.1) is 12.7 Å². The molecule has 1 heterocycles. The molecule has 2 aromatic rings. The summed E-state index contributed by atoms with van der Waals surface area (Å²) in [5, 5.41) is 0. The summed E-state index contributed by atoms with van der Waals surface area (Å²) in [5.74, 6) is 0.470. The minimum absolute atomic E-state index is 0.196. The van der Waals surface area contributed by atoms with Crippen LogP contribution < -0.4 is 10.3 Å². The first-order valence-corrected chi connectivity index (χ1v) is 5.00. The molecule has 0 aliphatic rings. The predicted octanol–water partition coefficient (Wildman–Crippen LogP) is 2.10. The Labute approximate surface area is 92.5 Å². The van der Waals surface area contributed by atoms with Gasteiger partial charge in [-0.1, -0.05) is 18.2 Å². The predicted molar refractivity (Wildman–Crippen MR) is 59.4 cm³/mol. The largest absolute Gasteiger partial charge is 0.465 e. The van der Waals surface area contributed by atoms with Crippen molar-refractivity contribution in [1.29, 1.82) is 0 Å². The van der Waals surface area contributed by atoms with E-state index in [1.807, 2.05) is 37.3 Å². The van der Waals surface area contributed by atoms with Crippen molar-refractivity contribution in [1.82, 2.24) is 4.98 Å². The summed E-state index contributed by atoms with van der Waals surface area (Å²) < 4.78 is 10.5. The van der Waals surface area contributed by atoms with Gasteiger partial charge in [0.25, 0.3) is 11.5 Å². The van der Waals surface area contributed by atoms with Crippen LogP contribution in [-0.2, 0) is 0 Å². The molecule has 0 atom stereocenters. The number of ether oxygens (including phenoxy) is 1. The monoisotopic (exact) mass is 217 g/mol. The van der Waals surface area contributed by atoms with E-state index >= 15 is 0 Å². The van der Waals surface area contributed by atoms with Gasteiger partial charge < -0.3 is 9.15 Å². The van der Waals surface area contributed by atoms with Gasteiger partial charge in [-0.15, -0.1) is 0 Å². The smallest absolute Gasteiger partial charge is 0.291 e. The van der Waals surface area contributed by atoms with Crippen LogP contribution in [0.15, 0.2) is 45.6 Å². The van der Waals surface area contributed by atoms with E-state index in [-0.39, 0.29) is 17.4 Å². The first-order chi connectivity index (χ1) is 7.79. The molecule has 0 saturated heterocycles. The van der Waals surface area contributed by atoms with Crippen molar-refractivity contribution in [3.63, 3.8) is 0 Å². The molecular weight excluding hydrogens is 206 g/mol. The standard InChI is InChI=1S/C12H11NO3/c1-2-15-11-8-10(14)13-12(16-11)9-6-4-3-5-7-9/h3-8H,2H2,1H3. The summed E-state index contributed by atoms with van der Waals surface area (Å²) in [4.78, 5) is 15.1. The molecule has 82 valence electrons. The zero-order valence-electron chi connectivity index (χ0n) is 8.84. The molecule has 0 spiro atoms. The summed E-state index contributed by atoms with van der Waals surface area (Å²) in [6, 6.07) is 10.5. The van der Waals surface area contributed by atoms with Gasteiger partial charge in [-0.2, -0.15) is 4.98 Å². The van der Waals surface area contributed by atoms with Crippen LogP contribution >= 0.6 is 0 Å². The van der Waals surface area contributed by atoms with Gasteiger partial charge in [0, 0.05) is 5.56 Å². The molecule has 4 heteroatoms. The highest BCUT2D eigenvalue weighted by Crippen LogP contribution is 2.19. The van der Waals surface area contributed by atoms with Crippen LogP contribution in [0.3, 0.4) is 0 Å². The number of hydrogen-bond acceptors (Lipinski definition) is 4. The van der Waals surface area contributed by atoms with E-state index in [9.17, 15) is 4.79 Å². The highest BCUT2D eigenvalue weighted by Gasteiger charge is 2.06. The Morgan fingerprint density at radius 1 is 1.31 bits per heavy atom. The Bertz CT molecular complexity index is 519. The first-order valence-electron chi connectivity index (χ1n) is 5.00. The SMILES string of the molecule is CCOc1cc(=O)nc(-c2ccccc2)o1. The summed E-state index contributed by atoms with van der Waals surface area (Å²) in [6.07, 6.45) is 0. The van der Waals surface area contributed by atoms with Gasteiger partial charge in [-0.25, -0.2) is 0 Å². The van der Waals surface area contributed by atoms with Gasteiger partial charge in [-0.3, -0.25) is 4.79 Å². The van der Waals surface area contributed by atoms with Crippen molar-refractivity contribution >= 4 is 0 Å². The Balaban J connectivity index is 2.45. The van der Waals surface area contributed by atoms with E-state index in [1.54, 1.807) is 0 Å². The third kappa shape index (κ3) is 2.28. The van der Waals surface area contributed by atoms with Crippen LogP contribution in [0.2, 0.25) is 0 Å². The number of hydrogen-bond donors (Lipinski definition) is 0. The second-order valence-corrected chi connectivity index (χ2v) is 3.12. The molecule has 0 bridgehead atoms. The molecule has 0 radical (unpaired) electrons. The number of nitrogens with zero attached hydrogens (tertiary/aromatic N) is 1. The van der Waals surface area contributed by atoms with Crippen LogP contribution in [0.1, 0.15) is 6.92 Å². The third-order valence-electron chi connectivity index (χ3n) is 1.96. The first kappa shape index (κ1) is 10.4. The lowest BCUT2D eigenvalue weighted by atomic mass is 10.2. The summed E-state index contributed by atoms with van der Waals surface area (Å²) in [7, 11) is 0. The fourth-order valence-corrected chi connectivity index (χ4v) is 1.30. The van der Waals surface area contributed by atoms with E-state index in [0.29, 0.717) is 6.61 Å². The van der Waals surface area contributed by atoms with E-state index in [0.717, 1.165) is 5.56 Å². The van der Waals surface area contributed by atoms with Crippen LogP contribution in [0.5, 0.6) is 5.95 Å². The minimum Gasteiger partial charge on any atom is -0.465 e. The minimum atomic E-state index is -0.367. The Hall–Kier alpha value is -2.10. The molecule has 16 heavy (non-hydrogen) atoms. The van der Waals surface area contributed by atoms with E-state index in [2.05, 4.69) is 4.98 Å². The second kappa shape index (κ2) is 4.61. The van der Waals surface area contributed by atoms with E-state index < -0.39 is 0 Å². The molecule has 0 aliphatic heterocycles. The van der Waals surface area contributed by atoms with Crippen LogP contribution in [0.25, 0.3) is 11.5 Å². The van der Waals surface area contributed by atoms with Crippen molar-refractivity contribution in [2.24, 2.45) is 0 Å². The molecule has 0 saturated carbocycles. The van der Waals surface area contributed by atoms with Crippen LogP contribution in [-0.4, -0.2) is 11.6 Å². The Kier molecular flexibility index (Phi) is 3.00. The second-order valence-electron chi connectivity index (χ2n) is 3.12. The molecule has 1 aromatic carbocycles. The fourth-order valence-electron chi connectivity index (χ4n) is 1.30. The lowest BCUT2D eigenvalue weighted by Gasteiger charge is -2.03. The lowest BCUT2D eigenvalue weighted by molar-refractivity contribution is 0.251. The van der Waals surface area contributed by atoms with Gasteiger partial charge in [0.15, 0.2) is 0 Å². The highest BCUT2D eigenvalue weighted by atomic mass is 16.6. The van der Waals surface area contributed by atoms with Crippen molar-refractivity contribution in [2.45, 2.75) is 6.92 Å². The molecule has 0 fully saturated rings. The van der Waals surface area contributed by atoms with Gasteiger partial charge >= 0.3 is 0 Å². The van der Waals surface area contributed by atoms with Gasteiger partial charge in [0.1, 0.15) is 0 Å². The average molecular weight is 217 g/mol. The number of benzene rings is 1. The molecule has 0 N–H and O–H groups in total. The van der Waals surface area contributed by atoms with E-state index in [4.69, 9.17) is 9.15 Å². The van der Waals surface area contributed by atoms with Crippen LogP contribution in [0, 0.1) is 0 Å². The molecular formula is C12H11NO3. The summed E-state index contributed by atoms with van der Waals surface area (Å²) >= 11 is 0. The van der Waals surface area contributed by atoms with Gasteiger partial charge in [-0.05, 0) is 19.1 Å².